The van der Waals surface area contributed by atoms with Crippen LogP contribution in [0.5, 0.6) is 0 Å². The number of thioether (sulfide) groups is 1. The summed E-state index contributed by atoms with van der Waals surface area (Å²) in [6.45, 7) is 3.16. The summed E-state index contributed by atoms with van der Waals surface area (Å²) in [5.74, 6) is 5.28. The molecule has 0 spiro atoms. The van der Waals surface area contributed by atoms with Crippen molar-refractivity contribution in [2.45, 2.75) is 31.6 Å². The second-order valence-electron chi connectivity index (χ2n) is 3.95. The molecule has 1 aliphatic rings. The largest absolute Gasteiger partial charge is 0.299 e. The fraction of sp³-hybridized carbons (Fsp3) is 0.538. The van der Waals surface area contributed by atoms with Crippen molar-refractivity contribution in [1.82, 2.24) is 5.32 Å². The van der Waals surface area contributed by atoms with Crippen molar-refractivity contribution in [3.05, 3.63) is 21.4 Å². The fourth-order valence-electron chi connectivity index (χ4n) is 1.84. The van der Waals surface area contributed by atoms with Gasteiger partial charge in [-0.3, -0.25) is 5.32 Å². The second kappa shape index (κ2) is 5.77. The SMILES string of the molecule is C#CC(NCCC)c1cc2c(s1)CCSC2. The average molecular weight is 251 g/mol. The van der Waals surface area contributed by atoms with Crippen molar-refractivity contribution in [3.63, 3.8) is 0 Å². The Balaban J connectivity index is 2.13. The molecule has 0 saturated carbocycles. The molecule has 1 aromatic rings. The molecule has 16 heavy (non-hydrogen) atoms. The summed E-state index contributed by atoms with van der Waals surface area (Å²) in [7, 11) is 0. The van der Waals surface area contributed by atoms with Crippen LogP contribution in [0.25, 0.3) is 0 Å². The normalized spacial score (nSPS) is 16.5. The third kappa shape index (κ3) is 2.63. The van der Waals surface area contributed by atoms with Crippen LogP contribution >= 0.6 is 23.1 Å². The molecule has 3 heteroatoms. The minimum atomic E-state index is 0.112. The maximum atomic E-state index is 5.59. The molecule has 86 valence electrons. The number of fused-ring (bicyclic) bond motifs is 1. The number of rotatable bonds is 4. The quantitative estimate of drug-likeness (QED) is 0.825. The second-order valence-corrected chi connectivity index (χ2v) is 6.23. The summed E-state index contributed by atoms with van der Waals surface area (Å²) in [5, 5.41) is 3.41. The lowest BCUT2D eigenvalue weighted by Crippen LogP contribution is -2.19. The van der Waals surface area contributed by atoms with E-state index in [0.29, 0.717) is 0 Å². The summed E-state index contributed by atoms with van der Waals surface area (Å²) < 4.78 is 0. The van der Waals surface area contributed by atoms with Crippen LogP contribution in [0.1, 0.15) is 34.7 Å². The van der Waals surface area contributed by atoms with Crippen LogP contribution in [0.3, 0.4) is 0 Å². The van der Waals surface area contributed by atoms with Gasteiger partial charge in [-0.25, -0.2) is 0 Å². The van der Waals surface area contributed by atoms with E-state index < -0.39 is 0 Å². The Hall–Kier alpha value is -0.430. The standard InChI is InChI=1S/C13H17NS2/c1-3-6-14-11(4-2)13-8-10-9-15-7-5-12(10)16-13/h2,8,11,14H,3,5-7,9H2,1H3. The Bertz CT molecular complexity index is 366. The van der Waals surface area contributed by atoms with Crippen LogP contribution in [-0.2, 0) is 12.2 Å². The molecule has 0 aliphatic carbocycles. The van der Waals surface area contributed by atoms with Gasteiger partial charge in [0.1, 0.15) is 6.04 Å². The van der Waals surface area contributed by atoms with E-state index in [4.69, 9.17) is 6.42 Å². The van der Waals surface area contributed by atoms with Gasteiger partial charge in [-0.1, -0.05) is 12.8 Å². The van der Waals surface area contributed by atoms with Gasteiger partial charge < -0.3 is 0 Å². The highest BCUT2D eigenvalue weighted by Gasteiger charge is 2.17. The topological polar surface area (TPSA) is 12.0 Å². The van der Waals surface area contributed by atoms with Crippen LogP contribution in [0, 0.1) is 12.3 Å². The molecule has 0 fully saturated rings. The van der Waals surface area contributed by atoms with E-state index in [1.807, 2.05) is 23.1 Å². The van der Waals surface area contributed by atoms with Gasteiger partial charge in [-0.2, -0.15) is 11.8 Å². The van der Waals surface area contributed by atoms with Gasteiger partial charge in [-0.05, 0) is 36.8 Å². The minimum Gasteiger partial charge on any atom is -0.299 e. The molecule has 2 heterocycles. The first-order chi connectivity index (χ1) is 7.85. The zero-order valence-corrected chi connectivity index (χ0v) is 11.2. The van der Waals surface area contributed by atoms with E-state index in [0.717, 1.165) is 18.7 Å². The summed E-state index contributed by atoms with van der Waals surface area (Å²) in [4.78, 5) is 2.87. The van der Waals surface area contributed by atoms with Crippen molar-refractivity contribution >= 4 is 23.1 Å². The highest BCUT2D eigenvalue weighted by atomic mass is 32.2. The van der Waals surface area contributed by atoms with Gasteiger partial charge >= 0.3 is 0 Å². The molecule has 2 rings (SSSR count). The summed E-state index contributed by atoms with van der Waals surface area (Å²) >= 11 is 3.92. The van der Waals surface area contributed by atoms with Crippen LogP contribution in [-0.4, -0.2) is 12.3 Å². The molecule has 1 atom stereocenters. The highest BCUT2D eigenvalue weighted by molar-refractivity contribution is 7.98. The molecule has 1 aliphatic heterocycles. The maximum Gasteiger partial charge on any atom is 0.104 e. The van der Waals surface area contributed by atoms with Gasteiger partial charge in [0.05, 0.1) is 0 Å². The summed E-state index contributed by atoms with van der Waals surface area (Å²) in [6.07, 6.45) is 7.93. The zero-order valence-electron chi connectivity index (χ0n) is 9.58. The van der Waals surface area contributed by atoms with Crippen molar-refractivity contribution in [2.75, 3.05) is 12.3 Å². The molecule has 0 amide bonds. The number of hydrogen-bond donors (Lipinski definition) is 1. The van der Waals surface area contributed by atoms with E-state index in [9.17, 15) is 0 Å². The fourth-order valence-corrected chi connectivity index (χ4v) is 4.25. The third-order valence-corrected chi connectivity index (χ3v) is 5.01. The van der Waals surface area contributed by atoms with Crippen molar-refractivity contribution in [3.8, 4) is 12.3 Å². The van der Waals surface area contributed by atoms with Gasteiger partial charge in [0.2, 0.25) is 0 Å². The Labute approximate surface area is 106 Å². The molecule has 0 bridgehead atoms. The number of hydrogen-bond acceptors (Lipinski definition) is 3. The third-order valence-electron chi connectivity index (χ3n) is 2.70. The Morgan fingerprint density at radius 1 is 1.62 bits per heavy atom. The van der Waals surface area contributed by atoms with Crippen LogP contribution in [0.4, 0.5) is 0 Å². The molecule has 1 unspecified atom stereocenters. The lowest BCUT2D eigenvalue weighted by Gasteiger charge is -2.09. The van der Waals surface area contributed by atoms with Crippen LogP contribution in [0.2, 0.25) is 0 Å². The van der Waals surface area contributed by atoms with Gasteiger partial charge in [0.25, 0.3) is 0 Å². The van der Waals surface area contributed by atoms with E-state index in [1.165, 1.54) is 22.6 Å². The van der Waals surface area contributed by atoms with Crippen molar-refractivity contribution < 1.29 is 0 Å². The Morgan fingerprint density at radius 3 is 3.19 bits per heavy atom. The van der Waals surface area contributed by atoms with E-state index in [-0.39, 0.29) is 6.04 Å². The number of aryl methyl sites for hydroxylation is 1. The van der Waals surface area contributed by atoms with Gasteiger partial charge in [0, 0.05) is 15.5 Å². The van der Waals surface area contributed by atoms with Gasteiger partial charge in [-0.15, -0.1) is 17.8 Å². The number of nitrogens with one attached hydrogen (secondary N) is 1. The predicted molar refractivity (Wildman–Crippen MR) is 74.1 cm³/mol. The molecule has 1 N–H and O–H groups in total. The molecule has 0 saturated heterocycles. The minimum absolute atomic E-state index is 0.112. The van der Waals surface area contributed by atoms with E-state index >= 15 is 0 Å². The first-order valence-electron chi connectivity index (χ1n) is 5.74. The van der Waals surface area contributed by atoms with Crippen LogP contribution in [0.15, 0.2) is 6.07 Å². The summed E-state index contributed by atoms with van der Waals surface area (Å²) in [6, 6.07) is 2.42. The lowest BCUT2D eigenvalue weighted by atomic mass is 10.2. The first kappa shape index (κ1) is 12.0. The Kier molecular flexibility index (Phi) is 4.34. The lowest BCUT2D eigenvalue weighted by molar-refractivity contribution is 0.633. The van der Waals surface area contributed by atoms with Crippen molar-refractivity contribution in [1.29, 1.82) is 0 Å². The van der Waals surface area contributed by atoms with E-state index in [2.05, 4.69) is 24.2 Å². The molecule has 0 radical (unpaired) electrons. The average Bonchev–Trinajstić information content (AvgIpc) is 2.73. The number of terminal acetylenes is 1. The molecule has 1 aromatic heterocycles. The Morgan fingerprint density at radius 2 is 2.50 bits per heavy atom. The van der Waals surface area contributed by atoms with Crippen molar-refractivity contribution in [2.24, 2.45) is 0 Å². The molecular weight excluding hydrogens is 234 g/mol. The van der Waals surface area contributed by atoms with Crippen LogP contribution < -0.4 is 5.32 Å². The van der Waals surface area contributed by atoms with Gasteiger partial charge in [0.15, 0.2) is 0 Å². The molecule has 0 aromatic carbocycles. The highest BCUT2D eigenvalue weighted by Crippen LogP contribution is 2.34. The molecular formula is C13H17NS2. The first-order valence-corrected chi connectivity index (χ1v) is 7.71. The number of thiophene rings is 1. The molecule has 1 nitrogen and oxygen atoms in total. The summed E-state index contributed by atoms with van der Waals surface area (Å²) in [5.41, 5.74) is 1.51. The maximum absolute atomic E-state index is 5.59. The zero-order chi connectivity index (χ0) is 11.4. The smallest absolute Gasteiger partial charge is 0.104 e. The monoisotopic (exact) mass is 251 g/mol. The predicted octanol–water partition coefficient (Wildman–Crippen LogP) is 3.21. The van der Waals surface area contributed by atoms with E-state index in [1.54, 1.807) is 4.88 Å².